The molecule has 0 atom stereocenters. The second kappa shape index (κ2) is 6.75. The van der Waals surface area contributed by atoms with E-state index in [4.69, 9.17) is 0 Å². The Morgan fingerprint density at radius 2 is 1.71 bits per heavy atom. The third-order valence-electron chi connectivity index (χ3n) is 3.43. The number of hydrogen-bond acceptors (Lipinski definition) is 1. The fourth-order valence-electron chi connectivity index (χ4n) is 1.97. The smallest absolute Gasteiger partial charge is 0.314 e. The van der Waals surface area contributed by atoms with Crippen molar-refractivity contribution in [2.24, 2.45) is 0 Å². The molecule has 0 fully saturated rings. The molecular weight excluding hydrogens is 260 g/mol. The number of carbonyl (C=O) groups excluding carboxylic acids is 1. The molecule has 0 spiro atoms. The van der Waals surface area contributed by atoms with Crippen LogP contribution in [-0.2, 0) is 0 Å². The quantitative estimate of drug-likeness (QED) is 0.859. The highest BCUT2D eigenvalue weighted by atomic mass is 16.2. The van der Waals surface area contributed by atoms with Gasteiger partial charge in [0.1, 0.15) is 0 Å². The monoisotopic (exact) mass is 280 g/mol. The van der Waals surface area contributed by atoms with Gasteiger partial charge in [0.05, 0.1) is 0 Å². The number of carbonyl (C=O) groups is 1. The van der Waals surface area contributed by atoms with Crippen LogP contribution in [0.5, 0.6) is 0 Å². The van der Waals surface area contributed by atoms with Crippen LogP contribution in [0.1, 0.15) is 22.3 Å². The van der Waals surface area contributed by atoms with Gasteiger partial charge >= 0.3 is 6.03 Å². The van der Waals surface area contributed by atoms with Gasteiger partial charge < -0.3 is 10.6 Å². The summed E-state index contributed by atoms with van der Waals surface area (Å²) in [7, 11) is 0. The van der Waals surface area contributed by atoms with E-state index in [2.05, 4.69) is 10.6 Å². The standard InChI is InChI=1S/C18H20N2O/c1-13-8-9-17(12-15(13)3)20-18(21)19-11-10-16-7-5-4-6-14(16)2/h4-12H,1-3H3,(H2,19,20,21)/b11-10+. The number of rotatable bonds is 3. The van der Waals surface area contributed by atoms with Crippen molar-refractivity contribution in [2.45, 2.75) is 20.8 Å². The van der Waals surface area contributed by atoms with Gasteiger partial charge in [0.15, 0.2) is 0 Å². The Morgan fingerprint density at radius 1 is 0.952 bits per heavy atom. The number of aryl methyl sites for hydroxylation is 3. The second-order valence-corrected chi connectivity index (χ2v) is 5.09. The normalized spacial score (nSPS) is 10.6. The first kappa shape index (κ1) is 14.9. The molecule has 0 aliphatic rings. The first-order valence-electron chi connectivity index (χ1n) is 6.93. The summed E-state index contributed by atoms with van der Waals surface area (Å²) in [5, 5.41) is 5.52. The molecule has 0 aromatic heterocycles. The van der Waals surface area contributed by atoms with Crippen LogP contribution in [0.3, 0.4) is 0 Å². The second-order valence-electron chi connectivity index (χ2n) is 5.09. The molecule has 2 N–H and O–H groups in total. The van der Waals surface area contributed by atoms with Crippen LogP contribution in [0, 0.1) is 20.8 Å². The van der Waals surface area contributed by atoms with Crippen molar-refractivity contribution >= 4 is 17.8 Å². The van der Waals surface area contributed by atoms with Gasteiger partial charge in [0, 0.05) is 11.9 Å². The van der Waals surface area contributed by atoms with Crippen molar-refractivity contribution in [3.8, 4) is 0 Å². The lowest BCUT2D eigenvalue weighted by atomic mass is 10.1. The summed E-state index contributed by atoms with van der Waals surface area (Å²) in [4.78, 5) is 11.8. The van der Waals surface area contributed by atoms with Gasteiger partial charge in [-0.25, -0.2) is 4.79 Å². The molecule has 3 heteroatoms. The van der Waals surface area contributed by atoms with Crippen molar-refractivity contribution in [1.29, 1.82) is 0 Å². The third kappa shape index (κ3) is 4.21. The van der Waals surface area contributed by atoms with E-state index in [0.29, 0.717) is 0 Å². The molecule has 0 aliphatic heterocycles. The lowest BCUT2D eigenvalue weighted by Gasteiger charge is -2.07. The summed E-state index contributed by atoms with van der Waals surface area (Å²) in [6.07, 6.45) is 3.54. The summed E-state index contributed by atoms with van der Waals surface area (Å²) >= 11 is 0. The predicted molar refractivity (Wildman–Crippen MR) is 88.3 cm³/mol. The maximum atomic E-state index is 11.8. The number of urea groups is 1. The molecule has 21 heavy (non-hydrogen) atoms. The molecule has 2 aromatic carbocycles. The zero-order valence-electron chi connectivity index (χ0n) is 12.6. The highest BCUT2D eigenvalue weighted by molar-refractivity contribution is 5.90. The molecule has 0 aliphatic carbocycles. The van der Waals surface area contributed by atoms with E-state index >= 15 is 0 Å². The minimum atomic E-state index is -0.247. The molecule has 3 nitrogen and oxygen atoms in total. The summed E-state index contributed by atoms with van der Waals surface area (Å²) < 4.78 is 0. The Kier molecular flexibility index (Phi) is 4.77. The molecule has 0 radical (unpaired) electrons. The average Bonchev–Trinajstić information content (AvgIpc) is 2.45. The Labute approximate surface area is 125 Å². The van der Waals surface area contributed by atoms with Crippen LogP contribution in [0.2, 0.25) is 0 Å². The maximum absolute atomic E-state index is 11.8. The molecular formula is C18H20N2O. The SMILES string of the molecule is Cc1ccc(NC(=O)N/C=C/c2ccccc2C)cc1C. The number of anilines is 1. The van der Waals surface area contributed by atoms with E-state index in [-0.39, 0.29) is 6.03 Å². The fourth-order valence-corrected chi connectivity index (χ4v) is 1.97. The van der Waals surface area contributed by atoms with Gasteiger partial charge in [0.2, 0.25) is 0 Å². The van der Waals surface area contributed by atoms with Crippen LogP contribution in [-0.4, -0.2) is 6.03 Å². The molecule has 0 saturated heterocycles. The highest BCUT2D eigenvalue weighted by Crippen LogP contribution is 2.14. The topological polar surface area (TPSA) is 41.1 Å². The molecule has 108 valence electrons. The van der Waals surface area contributed by atoms with Crippen molar-refractivity contribution in [3.63, 3.8) is 0 Å². The van der Waals surface area contributed by atoms with Crippen molar-refractivity contribution in [3.05, 3.63) is 70.9 Å². The van der Waals surface area contributed by atoms with E-state index in [0.717, 1.165) is 16.8 Å². The van der Waals surface area contributed by atoms with Gasteiger partial charge in [-0.1, -0.05) is 30.3 Å². The first-order chi connectivity index (χ1) is 10.1. The first-order valence-corrected chi connectivity index (χ1v) is 6.93. The van der Waals surface area contributed by atoms with Crippen molar-refractivity contribution < 1.29 is 4.79 Å². The van der Waals surface area contributed by atoms with Crippen LogP contribution in [0.25, 0.3) is 6.08 Å². The zero-order chi connectivity index (χ0) is 15.2. The van der Waals surface area contributed by atoms with Crippen LogP contribution >= 0.6 is 0 Å². The predicted octanol–water partition coefficient (Wildman–Crippen LogP) is 4.40. The minimum Gasteiger partial charge on any atom is -0.314 e. The van der Waals surface area contributed by atoms with Crippen molar-refractivity contribution in [1.82, 2.24) is 5.32 Å². The largest absolute Gasteiger partial charge is 0.323 e. The van der Waals surface area contributed by atoms with Gasteiger partial charge in [-0.15, -0.1) is 0 Å². The Bertz CT molecular complexity index is 675. The van der Waals surface area contributed by atoms with E-state index in [9.17, 15) is 4.79 Å². The summed E-state index contributed by atoms with van der Waals surface area (Å²) in [5.41, 5.74) is 5.41. The van der Waals surface area contributed by atoms with E-state index < -0.39 is 0 Å². The van der Waals surface area contributed by atoms with Gasteiger partial charge in [-0.3, -0.25) is 0 Å². The molecule has 0 saturated carbocycles. The molecule has 0 heterocycles. The summed E-state index contributed by atoms with van der Waals surface area (Å²) in [5.74, 6) is 0. The van der Waals surface area contributed by atoms with Crippen molar-refractivity contribution in [2.75, 3.05) is 5.32 Å². The number of benzene rings is 2. The summed E-state index contributed by atoms with van der Waals surface area (Å²) in [6.45, 7) is 6.11. The van der Waals surface area contributed by atoms with E-state index in [1.54, 1.807) is 6.20 Å². The molecule has 0 bridgehead atoms. The Balaban J connectivity index is 1.93. The van der Waals surface area contributed by atoms with E-state index in [1.165, 1.54) is 11.1 Å². The summed E-state index contributed by atoms with van der Waals surface area (Å²) in [6, 6.07) is 13.6. The van der Waals surface area contributed by atoms with Crippen LogP contribution < -0.4 is 10.6 Å². The fraction of sp³-hybridized carbons (Fsp3) is 0.167. The lowest BCUT2D eigenvalue weighted by molar-refractivity contribution is 0.255. The lowest BCUT2D eigenvalue weighted by Crippen LogP contribution is -2.23. The van der Waals surface area contributed by atoms with Gasteiger partial charge in [-0.2, -0.15) is 0 Å². The number of amides is 2. The Morgan fingerprint density at radius 3 is 2.43 bits per heavy atom. The highest BCUT2D eigenvalue weighted by Gasteiger charge is 2.00. The Hall–Kier alpha value is -2.55. The zero-order valence-corrected chi connectivity index (χ0v) is 12.6. The average molecular weight is 280 g/mol. The molecule has 2 aromatic rings. The molecule has 2 rings (SSSR count). The van der Waals surface area contributed by atoms with Gasteiger partial charge in [-0.05, 0) is 61.2 Å². The molecule has 2 amide bonds. The van der Waals surface area contributed by atoms with E-state index in [1.807, 2.05) is 69.3 Å². The van der Waals surface area contributed by atoms with Gasteiger partial charge in [0.25, 0.3) is 0 Å². The minimum absolute atomic E-state index is 0.247. The number of nitrogens with one attached hydrogen (secondary N) is 2. The third-order valence-corrected chi connectivity index (χ3v) is 3.43. The van der Waals surface area contributed by atoms with Crippen LogP contribution in [0.4, 0.5) is 10.5 Å². The molecule has 0 unspecified atom stereocenters. The number of hydrogen-bond donors (Lipinski definition) is 2. The maximum Gasteiger partial charge on any atom is 0.323 e. The van der Waals surface area contributed by atoms with Crippen LogP contribution in [0.15, 0.2) is 48.7 Å².